The third-order valence-electron chi connectivity index (χ3n) is 2.44. The minimum Gasteiger partial charge on any atom is -0.466 e. The maximum atomic E-state index is 11.4. The van der Waals surface area contributed by atoms with Crippen LogP contribution in [0.2, 0.25) is 0 Å². The second kappa shape index (κ2) is 5.55. The van der Waals surface area contributed by atoms with Gasteiger partial charge in [-0.2, -0.15) is 0 Å². The van der Waals surface area contributed by atoms with Gasteiger partial charge in [0.1, 0.15) is 18.7 Å². The molecule has 0 amide bonds. The van der Waals surface area contributed by atoms with Gasteiger partial charge in [-0.05, 0) is 13.2 Å². The van der Waals surface area contributed by atoms with Crippen molar-refractivity contribution in [2.75, 3.05) is 18.2 Å². The van der Waals surface area contributed by atoms with Crippen molar-refractivity contribution in [2.45, 2.75) is 19.9 Å². The van der Waals surface area contributed by atoms with E-state index < -0.39 is 0 Å². The first-order valence-electron chi connectivity index (χ1n) is 5.41. The Labute approximate surface area is 109 Å². The highest BCUT2D eigenvalue weighted by atomic mass is 32.2. The lowest BCUT2D eigenvalue weighted by Gasteiger charge is -2.09. The quantitative estimate of drug-likeness (QED) is 0.669. The standard InChI is InChI=1S/C11H14N2O2S2/c1-3-15-10(14)6-8-7-17-11-12-9(16-2)4-5-13(8)11/h4,7H,3,5-6H2,1-2H3/p+1. The molecule has 4 nitrogen and oxygen atoms in total. The van der Waals surface area contributed by atoms with Gasteiger partial charge in [-0.25, -0.2) is 9.88 Å². The molecule has 0 radical (unpaired) electrons. The molecular weight excluding hydrogens is 256 g/mol. The van der Waals surface area contributed by atoms with Crippen LogP contribution in [-0.4, -0.2) is 18.8 Å². The van der Waals surface area contributed by atoms with Crippen molar-refractivity contribution in [1.82, 2.24) is 0 Å². The Morgan fingerprint density at radius 3 is 3.24 bits per heavy atom. The molecule has 0 saturated carbocycles. The predicted molar refractivity (Wildman–Crippen MR) is 70.1 cm³/mol. The van der Waals surface area contributed by atoms with E-state index in [1.165, 1.54) is 0 Å². The van der Waals surface area contributed by atoms with Crippen molar-refractivity contribution in [1.29, 1.82) is 0 Å². The molecule has 1 aliphatic rings. The fourth-order valence-electron chi connectivity index (χ4n) is 1.64. The average Bonchev–Trinajstić information content (AvgIpc) is 2.72. The number of aromatic nitrogens is 1. The van der Waals surface area contributed by atoms with Crippen LogP contribution in [0.5, 0.6) is 0 Å². The number of ether oxygens (including phenoxy) is 1. The molecule has 2 rings (SSSR count). The summed E-state index contributed by atoms with van der Waals surface area (Å²) >= 11 is 3.31. The van der Waals surface area contributed by atoms with Crippen LogP contribution in [0, 0.1) is 0 Å². The number of thiazole rings is 1. The molecular formula is C11H15N2O2S2+. The summed E-state index contributed by atoms with van der Waals surface area (Å²) in [6.45, 7) is 3.07. The Morgan fingerprint density at radius 1 is 1.71 bits per heavy atom. The van der Waals surface area contributed by atoms with Crippen molar-refractivity contribution in [3.8, 4) is 0 Å². The molecule has 1 aromatic heterocycles. The summed E-state index contributed by atoms with van der Waals surface area (Å²) in [5, 5.41) is 7.58. The molecule has 1 aliphatic heterocycles. The Bertz CT molecular complexity index is 454. The Morgan fingerprint density at radius 2 is 2.53 bits per heavy atom. The van der Waals surface area contributed by atoms with Crippen LogP contribution in [0.4, 0.5) is 5.13 Å². The number of thioether (sulfide) groups is 1. The maximum absolute atomic E-state index is 11.4. The van der Waals surface area contributed by atoms with Crippen molar-refractivity contribution < 1.29 is 14.1 Å². The zero-order valence-electron chi connectivity index (χ0n) is 9.86. The van der Waals surface area contributed by atoms with E-state index in [2.05, 4.69) is 16.0 Å². The highest BCUT2D eigenvalue weighted by Gasteiger charge is 2.24. The van der Waals surface area contributed by atoms with Crippen molar-refractivity contribution in [3.63, 3.8) is 0 Å². The smallest absolute Gasteiger partial charge is 0.339 e. The molecule has 0 unspecified atom stereocenters. The number of hydrogen-bond donors (Lipinski definition) is 1. The lowest BCUT2D eigenvalue weighted by molar-refractivity contribution is -0.676. The zero-order valence-corrected chi connectivity index (χ0v) is 11.5. The summed E-state index contributed by atoms with van der Waals surface area (Å²) in [4.78, 5) is 11.4. The monoisotopic (exact) mass is 271 g/mol. The van der Waals surface area contributed by atoms with Gasteiger partial charge in [0.25, 0.3) is 0 Å². The van der Waals surface area contributed by atoms with Gasteiger partial charge in [0.2, 0.25) is 0 Å². The minimum absolute atomic E-state index is 0.166. The number of allylic oxidation sites excluding steroid dienone is 1. The second-order valence-electron chi connectivity index (χ2n) is 3.52. The molecule has 1 aromatic rings. The van der Waals surface area contributed by atoms with Crippen LogP contribution in [0.1, 0.15) is 12.6 Å². The molecule has 0 saturated heterocycles. The third kappa shape index (κ3) is 2.81. The van der Waals surface area contributed by atoms with Crippen molar-refractivity contribution in [3.05, 3.63) is 22.2 Å². The lowest BCUT2D eigenvalue weighted by Crippen LogP contribution is -2.41. The molecule has 0 spiro atoms. The Balaban J connectivity index is 2.10. The summed E-state index contributed by atoms with van der Waals surface area (Å²) in [5.74, 6) is -0.166. The van der Waals surface area contributed by atoms with E-state index in [-0.39, 0.29) is 5.97 Å². The summed E-state index contributed by atoms with van der Waals surface area (Å²) in [7, 11) is 0. The van der Waals surface area contributed by atoms with Gasteiger partial charge in [0.15, 0.2) is 5.03 Å². The SMILES string of the molecule is CCOC(=O)Cc1csc2[n+]1CC=C(SC)N2. The van der Waals surface area contributed by atoms with Crippen LogP contribution in [0.3, 0.4) is 0 Å². The van der Waals surface area contributed by atoms with E-state index in [4.69, 9.17) is 4.74 Å². The predicted octanol–water partition coefficient (Wildman–Crippen LogP) is 1.77. The van der Waals surface area contributed by atoms with E-state index in [1.54, 1.807) is 23.1 Å². The molecule has 0 fully saturated rings. The van der Waals surface area contributed by atoms with Gasteiger partial charge in [-0.15, -0.1) is 0 Å². The van der Waals surface area contributed by atoms with E-state index in [1.807, 2.05) is 18.6 Å². The lowest BCUT2D eigenvalue weighted by atomic mass is 10.3. The minimum atomic E-state index is -0.166. The highest BCUT2D eigenvalue weighted by Crippen LogP contribution is 2.23. The van der Waals surface area contributed by atoms with Crippen LogP contribution < -0.4 is 9.88 Å². The fourth-order valence-corrected chi connectivity index (χ4v) is 3.09. The Kier molecular flexibility index (Phi) is 4.06. The van der Waals surface area contributed by atoms with Gasteiger partial charge < -0.3 is 4.74 Å². The molecule has 0 aromatic carbocycles. The number of hydrogen-bond acceptors (Lipinski definition) is 5. The first-order chi connectivity index (χ1) is 8.24. The fraction of sp³-hybridized carbons (Fsp3) is 0.455. The van der Waals surface area contributed by atoms with Gasteiger partial charge in [0.05, 0.1) is 6.61 Å². The molecule has 2 heterocycles. The summed E-state index contributed by atoms with van der Waals surface area (Å²) in [6, 6.07) is 0. The number of nitrogens with zero attached hydrogens (tertiary/aromatic N) is 1. The van der Waals surface area contributed by atoms with Crippen molar-refractivity contribution >= 4 is 34.2 Å². The van der Waals surface area contributed by atoms with Gasteiger partial charge >= 0.3 is 11.1 Å². The first-order valence-corrected chi connectivity index (χ1v) is 7.52. The normalized spacial score (nSPS) is 13.6. The van der Waals surface area contributed by atoms with Gasteiger partial charge in [-0.3, -0.25) is 4.79 Å². The first kappa shape index (κ1) is 12.4. The molecule has 1 N–H and O–H groups in total. The number of anilines is 1. The maximum Gasteiger partial charge on any atom is 0.339 e. The van der Waals surface area contributed by atoms with E-state index >= 15 is 0 Å². The topological polar surface area (TPSA) is 42.2 Å². The van der Waals surface area contributed by atoms with Crippen molar-refractivity contribution in [2.24, 2.45) is 0 Å². The third-order valence-corrected chi connectivity index (χ3v) is 4.08. The molecule has 6 heteroatoms. The molecule has 17 heavy (non-hydrogen) atoms. The highest BCUT2D eigenvalue weighted by molar-refractivity contribution is 8.02. The number of carbonyl (C=O) groups is 1. The number of carbonyl (C=O) groups excluding carboxylic acids is 1. The number of fused-ring (bicyclic) bond motifs is 1. The summed E-state index contributed by atoms with van der Waals surface area (Å²) < 4.78 is 7.07. The van der Waals surface area contributed by atoms with E-state index in [0.29, 0.717) is 13.0 Å². The van der Waals surface area contributed by atoms with Gasteiger partial charge in [0, 0.05) is 11.5 Å². The number of nitrogens with one attached hydrogen (secondary N) is 1. The molecule has 0 atom stereocenters. The molecule has 0 bridgehead atoms. The molecule has 0 aliphatic carbocycles. The summed E-state index contributed by atoms with van der Waals surface area (Å²) in [6.07, 6.45) is 4.51. The number of rotatable bonds is 4. The molecule has 92 valence electrons. The number of esters is 1. The van der Waals surface area contributed by atoms with E-state index in [9.17, 15) is 4.79 Å². The van der Waals surface area contributed by atoms with E-state index in [0.717, 1.165) is 22.4 Å². The average molecular weight is 271 g/mol. The summed E-state index contributed by atoms with van der Waals surface area (Å²) in [5.41, 5.74) is 1.01. The largest absolute Gasteiger partial charge is 0.466 e. The van der Waals surface area contributed by atoms with Crippen LogP contribution in [0.25, 0.3) is 0 Å². The van der Waals surface area contributed by atoms with Crippen LogP contribution >= 0.6 is 23.1 Å². The Hall–Kier alpha value is -1.01. The van der Waals surface area contributed by atoms with Gasteiger partial charge in [-0.1, -0.05) is 23.1 Å². The second-order valence-corrected chi connectivity index (χ2v) is 5.23. The van der Waals surface area contributed by atoms with Crippen LogP contribution in [0.15, 0.2) is 16.5 Å². The van der Waals surface area contributed by atoms with Crippen LogP contribution in [-0.2, 0) is 22.5 Å². The zero-order chi connectivity index (χ0) is 12.3.